The molecule has 6 heteroatoms. The highest BCUT2D eigenvalue weighted by Crippen LogP contribution is 2.55. The Labute approximate surface area is 148 Å². The fourth-order valence-corrected chi connectivity index (χ4v) is 7.24. The molecule has 2 atom stereocenters. The van der Waals surface area contributed by atoms with Crippen LogP contribution in [0, 0.1) is 0 Å². The van der Waals surface area contributed by atoms with Gasteiger partial charge in [-0.2, -0.15) is 0 Å². The van der Waals surface area contributed by atoms with Crippen LogP contribution in [0.2, 0.25) is 0 Å². The van der Waals surface area contributed by atoms with Crippen LogP contribution in [0.4, 0.5) is 0 Å². The second kappa shape index (κ2) is 8.12. The molecule has 0 saturated heterocycles. The average Bonchev–Trinajstić information content (AvgIpc) is 3.17. The number of furan rings is 1. The van der Waals surface area contributed by atoms with E-state index in [9.17, 15) is 14.6 Å². The summed E-state index contributed by atoms with van der Waals surface area (Å²) in [5.74, 6) is -1.35. The van der Waals surface area contributed by atoms with Gasteiger partial charge in [0, 0.05) is 6.16 Å². The molecule has 0 radical (unpaired) electrons. The highest BCUT2D eigenvalue weighted by molar-refractivity contribution is 7.73. The van der Waals surface area contributed by atoms with E-state index in [2.05, 4.69) is 0 Å². The Balaban J connectivity index is 1.80. The molecule has 0 spiro atoms. The van der Waals surface area contributed by atoms with Crippen LogP contribution >= 0.6 is 15.3 Å². The smallest absolute Gasteiger partial charge is 0.236 e. The van der Waals surface area contributed by atoms with E-state index in [0.29, 0.717) is 6.16 Å². The fraction of sp³-hybridized carbons (Fsp3) is 0.158. The van der Waals surface area contributed by atoms with Crippen LogP contribution in [-0.4, -0.2) is 22.3 Å². The number of rotatable bonds is 7. The molecule has 0 saturated carbocycles. The van der Waals surface area contributed by atoms with Gasteiger partial charge in [0.2, 0.25) is 7.37 Å². The summed E-state index contributed by atoms with van der Waals surface area (Å²) in [5, 5.41) is 12.5. The van der Waals surface area contributed by atoms with Crippen molar-refractivity contribution in [1.82, 2.24) is 0 Å². The van der Waals surface area contributed by atoms with Gasteiger partial charge >= 0.3 is 0 Å². The van der Waals surface area contributed by atoms with Crippen molar-refractivity contribution in [1.29, 1.82) is 0 Å². The number of benzene rings is 2. The zero-order chi connectivity index (χ0) is 17.7. The van der Waals surface area contributed by atoms with Crippen LogP contribution in [0.15, 0.2) is 83.5 Å². The summed E-state index contributed by atoms with van der Waals surface area (Å²) in [6.07, 6.45) is 1.94. The molecule has 0 aliphatic rings. The van der Waals surface area contributed by atoms with Crippen molar-refractivity contribution < 1.29 is 19.0 Å². The second-order valence-corrected chi connectivity index (χ2v) is 10.5. The predicted octanol–water partition coefficient (Wildman–Crippen LogP) is 3.67. The summed E-state index contributed by atoms with van der Waals surface area (Å²) < 4.78 is 17.7. The highest BCUT2D eigenvalue weighted by atomic mass is 31.2. The minimum absolute atomic E-state index is 0.0321. The molecule has 4 nitrogen and oxygen atoms in total. The molecular formula is C19H20O4P2. The highest BCUT2D eigenvalue weighted by Gasteiger charge is 2.33. The lowest BCUT2D eigenvalue weighted by Gasteiger charge is -2.22. The predicted molar refractivity (Wildman–Crippen MR) is 102 cm³/mol. The van der Waals surface area contributed by atoms with Crippen molar-refractivity contribution in [3.05, 3.63) is 84.8 Å². The first-order chi connectivity index (χ1) is 12.1. The third kappa shape index (κ3) is 4.48. The summed E-state index contributed by atoms with van der Waals surface area (Å²) in [7, 11) is -4.56. The molecule has 3 aromatic rings. The van der Waals surface area contributed by atoms with Gasteiger partial charge in [0.05, 0.1) is 6.26 Å². The molecule has 25 heavy (non-hydrogen) atoms. The number of hydrogen-bond donors (Lipinski definition) is 2. The van der Waals surface area contributed by atoms with Gasteiger partial charge in [-0.15, -0.1) is 0 Å². The van der Waals surface area contributed by atoms with Crippen LogP contribution < -0.4 is 10.6 Å². The molecule has 3 rings (SSSR count). The molecule has 1 unspecified atom stereocenters. The Morgan fingerprint density at radius 3 is 1.96 bits per heavy atom. The average molecular weight is 374 g/mol. The Hall–Kier alpha value is -1.70. The van der Waals surface area contributed by atoms with Crippen LogP contribution in [0.25, 0.3) is 0 Å². The zero-order valence-electron chi connectivity index (χ0n) is 13.6. The third-order valence-electron chi connectivity index (χ3n) is 3.96. The molecule has 0 bridgehead atoms. The van der Waals surface area contributed by atoms with E-state index in [1.807, 2.05) is 60.7 Å². The number of hydrogen-bond acceptors (Lipinski definition) is 3. The van der Waals surface area contributed by atoms with Crippen molar-refractivity contribution in [2.24, 2.45) is 0 Å². The molecule has 130 valence electrons. The third-order valence-corrected chi connectivity index (χ3v) is 8.71. The summed E-state index contributed by atoms with van der Waals surface area (Å²) >= 11 is 0. The van der Waals surface area contributed by atoms with E-state index in [1.54, 1.807) is 6.07 Å². The molecule has 2 aromatic carbocycles. The molecular weight excluding hydrogens is 354 g/mol. The van der Waals surface area contributed by atoms with Crippen LogP contribution in [-0.2, 0) is 4.57 Å². The monoisotopic (exact) mass is 374 g/mol. The first-order valence-electron chi connectivity index (χ1n) is 7.98. The van der Waals surface area contributed by atoms with Gasteiger partial charge in [0.25, 0.3) is 0 Å². The standard InChI is InChI=1S/C19H20O4P2/c20-19(18-12-7-13-23-18)25(21,22)15-14-24(16-8-3-1-4-9-16)17-10-5-2-6-11-17/h1-13,19-20H,14-15H2,(H,21,22)/t19-/m1/s1. The zero-order valence-corrected chi connectivity index (χ0v) is 15.4. The van der Waals surface area contributed by atoms with Gasteiger partial charge in [-0.3, -0.25) is 4.57 Å². The molecule has 1 aromatic heterocycles. The molecule has 0 fully saturated rings. The largest absolute Gasteiger partial charge is 0.466 e. The fourth-order valence-electron chi connectivity index (χ4n) is 2.63. The van der Waals surface area contributed by atoms with Crippen molar-refractivity contribution >= 4 is 25.9 Å². The lowest BCUT2D eigenvalue weighted by atomic mass is 10.4. The van der Waals surface area contributed by atoms with Gasteiger partial charge in [-0.25, -0.2) is 0 Å². The van der Waals surface area contributed by atoms with Crippen LogP contribution in [0.1, 0.15) is 11.6 Å². The van der Waals surface area contributed by atoms with Gasteiger partial charge in [0.15, 0.2) is 5.85 Å². The van der Waals surface area contributed by atoms with E-state index in [0.717, 1.165) is 10.6 Å². The normalized spacial score (nSPS) is 15.0. The maximum atomic E-state index is 12.6. The lowest BCUT2D eigenvalue weighted by molar-refractivity contribution is 0.206. The summed E-state index contributed by atoms with van der Waals surface area (Å²) in [5.41, 5.74) is 0. The Bertz CT molecular complexity index is 780. The first kappa shape index (κ1) is 18.1. The van der Waals surface area contributed by atoms with Crippen molar-refractivity contribution in [2.75, 3.05) is 12.3 Å². The Morgan fingerprint density at radius 1 is 0.920 bits per heavy atom. The SMILES string of the molecule is O=P(O)(CCP(c1ccccc1)c1ccccc1)[C@@H](O)c1ccco1. The minimum atomic E-state index is -3.79. The maximum absolute atomic E-state index is 12.6. The quantitative estimate of drug-likeness (QED) is 0.619. The van der Waals surface area contributed by atoms with E-state index in [4.69, 9.17) is 4.42 Å². The van der Waals surface area contributed by atoms with E-state index in [1.165, 1.54) is 12.3 Å². The Kier molecular flexibility index (Phi) is 5.88. The molecule has 2 N–H and O–H groups in total. The van der Waals surface area contributed by atoms with Crippen molar-refractivity contribution in [2.45, 2.75) is 5.85 Å². The van der Waals surface area contributed by atoms with E-state index >= 15 is 0 Å². The van der Waals surface area contributed by atoms with E-state index < -0.39 is 21.1 Å². The topological polar surface area (TPSA) is 70.7 Å². The summed E-state index contributed by atoms with van der Waals surface area (Å²) in [4.78, 5) is 10.4. The minimum Gasteiger partial charge on any atom is -0.466 e. The lowest BCUT2D eigenvalue weighted by Crippen LogP contribution is -2.16. The number of aliphatic hydroxyl groups is 1. The van der Waals surface area contributed by atoms with Gasteiger partial charge in [-0.1, -0.05) is 60.7 Å². The van der Waals surface area contributed by atoms with Crippen molar-refractivity contribution in [3.8, 4) is 0 Å². The second-order valence-electron chi connectivity index (χ2n) is 5.69. The maximum Gasteiger partial charge on any atom is 0.236 e. The molecule has 1 heterocycles. The van der Waals surface area contributed by atoms with Gasteiger partial charge in [-0.05, 0) is 36.8 Å². The summed E-state index contributed by atoms with van der Waals surface area (Å²) in [6, 6.07) is 23.1. The van der Waals surface area contributed by atoms with Crippen LogP contribution in [0.5, 0.6) is 0 Å². The van der Waals surface area contributed by atoms with Crippen molar-refractivity contribution in [3.63, 3.8) is 0 Å². The van der Waals surface area contributed by atoms with E-state index in [-0.39, 0.29) is 11.9 Å². The molecule has 0 amide bonds. The van der Waals surface area contributed by atoms with Gasteiger partial charge < -0.3 is 14.4 Å². The van der Waals surface area contributed by atoms with Crippen LogP contribution in [0.3, 0.4) is 0 Å². The van der Waals surface area contributed by atoms with Gasteiger partial charge in [0.1, 0.15) is 5.76 Å². The molecule has 0 aliphatic carbocycles. The summed E-state index contributed by atoms with van der Waals surface area (Å²) in [6.45, 7) is 0. The molecule has 0 aliphatic heterocycles. The number of aliphatic hydroxyl groups excluding tert-OH is 1. The first-order valence-corrected chi connectivity index (χ1v) is 11.4. The Morgan fingerprint density at radius 2 is 1.48 bits per heavy atom.